The predicted molar refractivity (Wildman–Crippen MR) is 89.2 cm³/mol. The van der Waals surface area contributed by atoms with Crippen molar-refractivity contribution < 1.29 is 17.1 Å². The van der Waals surface area contributed by atoms with Gasteiger partial charge in [-0.3, -0.25) is 0 Å². The van der Waals surface area contributed by atoms with Crippen LogP contribution in [0.1, 0.15) is 11.1 Å². The molecule has 0 N–H and O–H groups in total. The summed E-state index contributed by atoms with van der Waals surface area (Å²) in [6, 6.07) is 26.2. The molecule has 106 valence electrons. The Kier molecular flexibility index (Phi) is 8.06. The minimum Gasteiger partial charge on any atom is -0.748 e. The Morgan fingerprint density at radius 1 is 0.850 bits per heavy atom. The maximum absolute atomic E-state index is 3.12. The Bertz CT molecular complexity index is 606. The summed E-state index contributed by atoms with van der Waals surface area (Å²) in [6.45, 7) is 0. The second kappa shape index (κ2) is 9.60. The fourth-order valence-electron chi connectivity index (χ4n) is 1.46. The smallest absolute Gasteiger partial charge is 0.0130 e. The van der Waals surface area contributed by atoms with Crippen LogP contribution in [0.3, 0.4) is 0 Å². The molecule has 0 saturated carbocycles. The zero-order valence-electron chi connectivity index (χ0n) is 10.7. The second-order valence-corrected chi connectivity index (χ2v) is 5.14. The van der Waals surface area contributed by atoms with E-state index in [9.17, 15) is 0 Å². The molecule has 3 rings (SSSR count). The molecule has 20 heavy (non-hydrogen) atoms. The predicted octanol–water partition coefficient (Wildman–Crippen LogP) is 4.81. The monoisotopic (exact) mass is 412 g/mol. The quantitative estimate of drug-likeness (QED) is 0.215. The molecular weight excluding hydrogens is 399 g/mol. The average Bonchev–Trinajstić information content (AvgIpc) is 3.14. The van der Waals surface area contributed by atoms with Gasteiger partial charge in [0.05, 0.1) is 0 Å². The zero-order chi connectivity index (χ0) is 13.3. The molecule has 0 heterocycles. The number of hydrogen-bond donors (Lipinski definition) is 0. The van der Waals surface area contributed by atoms with Gasteiger partial charge < -0.3 is 30.3 Å². The summed E-state index contributed by atoms with van der Waals surface area (Å²) in [5, 5.41) is 0. The van der Waals surface area contributed by atoms with Crippen molar-refractivity contribution in [3.63, 3.8) is 0 Å². The van der Waals surface area contributed by atoms with Gasteiger partial charge in [0, 0.05) is 20.6 Å². The van der Waals surface area contributed by atoms with Crippen molar-refractivity contribution in [1.29, 1.82) is 0 Å². The van der Waals surface area contributed by atoms with Gasteiger partial charge in [-0.2, -0.15) is 24.0 Å². The van der Waals surface area contributed by atoms with Gasteiger partial charge in [-0.15, -0.1) is 12.1 Å². The van der Waals surface area contributed by atoms with Crippen molar-refractivity contribution in [2.75, 3.05) is 0 Å². The van der Waals surface area contributed by atoms with Crippen molar-refractivity contribution in [1.82, 2.24) is 0 Å². The molecule has 0 aliphatic heterocycles. The normalized spacial score (nSPS) is 8.45. The first-order valence-electron chi connectivity index (χ1n) is 6.00. The first-order chi connectivity index (χ1) is 9.34. The van der Waals surface area contributed by atoms with Crippen LogP contribution in [0.5, 0.6) is 0 Å². The van der Waals surface area contributed by atoms with Crippen molar-refractivity contribution >= 4 is 22.6 Å². The van der Waals surface area contributed by atoms with Crippen LogP contribution in [0, 0.1) is 15.4 Å². The van der Waals surface area contributed by atoms with Crippen molar-refractivity contribution in [3.05, 3.63) is 93.6 Å². The van der Waals surface area contributed by atoms with E-state index in [4.69, 9.17) is 0 Å². The molecule has 0 atom stereocenters. The van der Waals surface area contributed by atoms with Crippen molar-refractivity contribution in [2.45, 2.75) is 0 Å². The third-order valence-corrected chi connectivity index (χ3v) is 3.13. The van der Waals surface area contributed by atoms with Crippen LogP contribution in [0.4, 0.5) is 0 Å². The van der Waals surface area contributed by atoms with Gasteiger partial charge in [0.25, 0.3) is 0 Å². The maximum atomic E-state index is 3.12. The van der Waals surface area contributed by atoms with Crippen LogP contribution in [-0.4, -0.2) is 0 Å². The molecule has 0 spiro atoms. The van der Waals surface area contributed by atoms with E-state index in [1.807, 2.05) is 66.7 Å². The molecule has 0 aliphatic rings. The fraction of sp³-hybridized carbons (Fsp3) is 0. The van der Waals surface area contributed by atoms with Crippen LogP contribution in [0.2, 0.25) is 0 Å². The van der Waals surface area contributed by atoms with Crippen molar-refractivity contribution in [2.24, 2.45) is 0 Å². The third-order valence-electron chi connectivity index (χ3n) is 2.41. The van der Waals surface area contributed by atoms with E-state index in [1.165, 1.54) is 3.57 Å². The Morgan fingerprint density at radius 3 is 1.85 bits per heavy atom. The van der Waals surface area contributed by atoms with E-state index in [2.05, 4.69) is 46.6 Å². The van der Waals surface area contributed by atoms with Crippen LogP contribution in [0.15, 0.2) is 78.9 Å². The molecule has 3 aromatic rings. The minimum absolute atomic E-state index is 0. The summed E-state index contributed by atoms with van der Waals surface area (Å²) in [5.41, 5.74) is 2.13. The van der Waals surface area contributed by atoms with E-state index in [1.54, 1.807) is 0 Å². The average molecular weight is 412 g/mol. The number of rotatable bonds is 0. The summed E-state index contributed by atoms with van der Waals surface area (Å²) in [7, 11) is 0. The van der Waals surface area contributed by atoms with E-state index in [-0.39, 0.29) is 17.1 Å². The Balaban J connectivity index is 0.000000283. The summed E-state index contributed by atoms with van der Waals surface area (Å²) < 4.78 is 1.24. The largest absolute Gasteiger partial charge is 0.748 e. The first-order valence-corrected chi connectivity index (χ1v) is 7.08. The van der Waals surface area contributed by atoms with Gasteiger partial charge in [0.2, 0.25) is 0 Å². The van der Waals surface area contributed by atoms with Crippen LogP contribution < -0.4 is 0 Å². The van der Waals surface area contributed by atoms with Crippen molar-refractivity contribution in [3.8, 4) is 11.8 Å². The van der Waals surface area contributed by atoms with E-state index < -0.39 is 0 Å². The number of hydrogen-bond acceptors (Lipinski definition) is 0. The number of halogens is 1. The minimum atomic E-state index is 0. The van der Waals surface area contributed by atoms with E-state index >= 15 is 0 Å². The van der Waals surface area contributed by atoms with E-state index in [0.717, 1.165) is 11.1 Å². The standard InChI is InChI=1S/C13H8I.C5H5.Fe/c14-13-9-7-12(8-10-13)6-5-11-3-1-2-4-11;1-2-4-5-3-1;/h1-4,7-10H;1-5H;/q-1;-5;. The topological polar surface area (TPSA) is 0 Å². The molecule has 0 nitrogen and oxygen atoms in total. The summed E-state index contributed by atoms with van der Waals surface area (Å²) >= 11 is 2.29. The van der Waals surface area contributed by atoms with Gasteiger partial charge in [-0.1, -0.05) is 17.7 Å². The molecule has 0 radical (unpaired) electrons. The molecule has 0 aromatic heterocycles. The Morgan fingerprint density at radius 2 is 1.35 bits per heavy atom. The maximum Gasteiger partial charge on any atom is 0.0130 e. The molecule has 0 bridgehead atoms. The van der Waals surface area contributed by atoms with E-state index in [0.29, 0.717) is 0 Å². The molecule has 3 aromatic carbocycles. The van der Waals surface area contributed by atoms with Gasteiger partial charge in [0.15, 0.2) is 0 Å². The second-order valence-electron chi connectivity index (χ2n) is 3.89. The third kappa shape index (κ3) is 6.25. The van der Waals surface area contributed by atoms with Crippen LogP contribution in [0.25, 0.3) is 0 Å². The van der Waals surface area contributed by atoms with Gasteiger partial charge in [-0.25, -0.2) is 0 Å². The number of benzene rings is 1. The van der Waals surface area contributed by atoms with Crippen LogP contribution >= 0.6 is 22.6 Å². The summed E-state index contributed by atoms with van der Waals surface area (Å²) in [6.07, 6.45) is 0. The molecular formula is C18H13FeI-6. The molecule has 0 amide bonds. The first kappa shape index (κ1) is 16.8. The Hall–Kier alpha value is -1.27. The molecule has 0 fully saturated rings. The van der Waals surface area contributed by atoms with Gasteiger partial charge in [0.1, 0.15) is 0 Å². The van der Waals surface area contributed by atoms with Crippen LogP contribution in [-0.2, 0) is 17.1 Å². The summed E-state index contributed by atoms with van der Waals surface area (Å²) in [5.74, 6) is 6.23. The molecule has 2 heteroatoms. The molecule has 0 saturated heterocycles. The SMILES string of the molecule is Ic1ccc(C#C[c-]2cccc2)cc1.[Fe].[cH-]1[cH-][cH-][cH-][cH-]1. The van der Waals surface area contributed by atoms with Gasteiger partial charge in [-0.05, 0) is 40.3 Å². The summed E-state index contributed by atoms with van der Waals surface area (Å²) in [4.78, 5) is 0. The molecule has 0 aliphatic carbocycles. The zero-order valence-corrected chi connectivity index (χ0v) is 14.0. The van der Waals surface area contributed by atoms with Gasteiger partial charge >= 0.3 is 0 Å². The fourth-order valence-corrected chi connectivity index (χ4v) is 1.82. The molecule has 0 unspecified atom stereocenters. The Labute approximate surface area is 144 Å².